The molecule has 0 atom stereocenters. The fraction of sp³-hybridized carbons (Fsp3) is 0.370. The van der Waals surface area contributed by atoms with Gasteiger partial charge in [0.1, 0.15) is 5.69 Å². The molecule has 5 rings (SSSR count). The van der Waals surface area contributed by atoms with E-state index < -0.39 is 11.7 Å². The number of aromatic nitrogens is 1. The van der Waals surface area contributed by atoms with Crippen LogP contribution in [0, 0.1) is 11.8 Å². The fourth-order valence-corrected chi connectivity index (χ4v) is 5.55. The van der Waals surface area contributed by atoms with Crippen LogP contribution in [0.3, 0.4) is 0 Å². The van der Waals surface area contributed by atoms with Crippen molar-refractivity contribution >= 4 is 23.2 Å². The molecule has 36 heavy (non-hydrogen) atoms. The van der Waals surface area contributed by atoms with Crippen molar-refractivity contribution in [3.63, 3.8) is 0 Å². The zero-order chi connectivity index (χ0) is 25.3. The predicted molar refractivity (Wildman–Crippen MR) is 131 cm³/mol. The maximum absolute atomic E-state index is 13.0. The van der Waals surface area contributed by atoms with Gasteiger partial charge >= 0.3 is 6.18 Å². The third-order valence-corrected chi connectivity index (χ3v) is 7.82. The van der Waals surface area contributed by atoms with Gasteiger partial charge in [-0.05, 0) is 66.5 Å². The summed E-state index contributed by atoms with van der Waals surface area (Å²) in [6.07, 6.45) is -1.97. The van der Waals surface area contributed by atoms with E-state index in [1.807, 2.05) is 21.9 Å². The maximum Gasteiger partial charge on any atom is 0.416 e. The van der Waals surface area contributed by atoms with Gasteiger partial charge in [-0.15, -0.1) is 11.3 Å². The quantitative estimate of drug-likeness (QED) is 0.461. The monoisotopic (exact) mass is 513 g/mol. The summed E-state index contributed by atoms with van der Waals surface area (Å²) >= 11 is 1.42. The Morgan fingerprint density at radius 2 is 1.47 bits per heavy atom. The summed E-state index contributed by atoms with van der Waals surface area (Å²) in [5, 5.41) is 1.78. The summed E-state index contributed by atoms with van der Waals surface area (Å²) in [6.45, 7) is 2.92. The number of halogens is 3. The fourth-order valence-electron chi connectivity index (χ4n) is 5.03. The topological polar surface area (TPSA) is 53.5 Å². The van der Waals surface area contributed by atoms with Crippen molar-refractivity contribution in [2.75, 3.05) is 26.2 Å². The second-order valence-electron chi connectivity index (χ2n) is 9.54. The van der Waals surface area contributed by atoms with E-state index in [0.29, 0.717) is 42.6 Å². The number of amides is 2. The third-order valence-electron chi connectivity index (χ3n) is 7.23. The van der Waals surface area contributed by atoms with Crippen molar-refractivity contribution in [1.82, 2.24) is 14.8 Å². The summed E-state index contributed by atoms with van der Waals surface area (Å²) in [6, 6.07) is 12.5. The van der Waals surface area contributed by atoms with Gasteiger partial charge in [0.2, 0.25) is 0 Å². The number of carbonyl (C=O) groups is 2. The van der Waals surface area contributed by atoms with Crippen LogP contribution >= 0.6 is 11.3 Å². The van der Waals surface area contributed by atoms with Gasteiger partial charge in [-0.25, -0.2) is 4.98 Å². The van der Waals surface area contributed by atoms with Gasteiger partial charge in [0.25, 0.3) is 11.8 Å². The van der Waals surface area contributed by atoms with E-state index in [0.717, 1.165) is 49.2 Å². The number of alkyl halides is 3. The summed E-state index contributed by atoms with van der Waals surface area (Å²) in [7, 11) is 0. The van der Waals surface area contributed by atoms with Crippen molar-refractivity contribution in [1.29, 1.82) is 0 Å². The van der Waals surface area contributed by atoms with E-state index in [-0.39, 0.29) is 11.8 Å². The average molecular weight is 514 g/mol. The Morgan fingerprint density at radius 1 is 0.861 bits per heavy atom. The molecule has 2 aromatic carbocycles. The highest BCUT2D eigenvalue weighted by molar-refractivity contribution is 7.07. The minimum absolute atomic E-state index is 0.00174. The van der Waals surface area contributed by atoms with E-state index in [4.69, 9.17) is 0 Å². The van der Waals surface area contributed by atoms with Crippen LogP contribution in [0.2, 0.25) is 0 Å². The van der Waals surface area contributed by atoms with E-state index in [9.17, 15) is 22.8 Å². The van der Waals surface area contributed by atoms with E-state index in [1.54, 1.807) is 23.0 Å². The minimum atomic E-state index is -4.34. The number of hydrogen-bond acceptors (Lipinski definition) is 4. The molecule has 0 N–H and O–H groups in total. The second kappa shape index (κ2) is 10.0. The molecule has 9 heteroatoms. The predicted octanol–water partition coefficient (Wildman–Crippen LogP) is 5.38. The van der Waals surface area contributed by atoms with Crippen LogP contribution in [-0.2, 0) is 12.6 Å². The van der Waals surface area contributed by atoms with E-state index in [1.165, 1.54) is 23.5 Å². The van der Waals surface area contributed by atoms with Crippen molar-refractivity contribution < 1.29 is 22.8 Å². The zero-order valence-corrected chi connectivity index (χ0v) is 20.4. The van der Waals surface area contributed by atoms with Crippen molar-refractivity contribution in [2.24, 2.45) is 11.8 Å². The van der Waals surface area contributed by atoms with E-state index in [2.05, 4.69) is 4.98 Å². The number of nitrogens with zero attached hydrogens (tertiary/aromatic N) is 3. The number of piperidine rings is 1. The molecule has 2 fully saturated rings. The first-order valence-corrected chi connectivity index (χ1v) is 12.9. The van der Waals surface area contributed by atoms with Crippen LogP contribution in [0.5, 0.6) is 0 Å². The van der Waals surface area contributed by atoms with Gasteiger partial charge in [-0.3, -0.25) is 9.59 Å². The highest BCUT2D eigenvalue weighted by Gasteiger charge is 2.38. The molecular formula is C27H26F3N3O2S. The lowest BCUT2D eigenvalue weighted by molar-refractivity contribution is -0.137. The van der Waals surface area contributed by atoms with Crippen molar-refractivity contribution in [3.8, 4) is 0 Å². The molecule has 5 nitrogen and oxygen atoms in total. The van der Waals surface area contributed by atoms with E-state index >= 15 is 0 Å². The second-order valence-corrected chi connectivity index (χ2v) is 10.3. The Hall–Kier alpha value is -3.20. The van der Waals surface area contributed by atoms with Crippen molar-refractivity contribution in [3.05, 3.63) is 87.4 Å². The van der Waals surface area contributed by atoms with Gasteiger partial charge in [0.05, 0.1) is 11.1 Å². The van der Waals surface area contributed by atoms with Crippen LogP contribution in [0.1, 0.15) is 50.4 Å². The number of thiazole rings is 1. The molecule has 2 aliphatic rings. The summed E-state index contributed by atoms with van der Waals surface area (Å²) in [5.74, 6) is 0.999. The average Bonchev–Trinajstić information content (AvgIpc) is 3.39. The highest BCUT2D eigenvalue weighted by Crippen LogP contribution is 2.33. The molecule has 0 unspecified atom stereocenters. The first kappa shape index (κ1) is 24.5. The molecule has 188 valence electrons. The van der Waals surface area contributed by atoms with Crippen LogP contribution in [-0.4, -0.2) is 52.8 Å². The Bertz CT molecular complexity index is 1200. The molecule has 3 aromatic rings. The number of rotatable bonds is 5. The number of likely N-dealkylation sites (tertiary alicyclic amines) is 2. The van der Waals surface area contributed by atoms with Gasteiger partial charge in [0.15, 0.2) is 0 Å². The van der Waals surface area contributed by atoms with Gasteiger partial charge in [-0.1, -0.05) is 24.3 Å². The molecule has 0 saturated carbocycles. The van der Waals surface area contributed by atoms with Gasteiger partial charge in [0, 0.05) is 37.1 Å². The molecule has 0 aliphatic carbocycles. The summed E-state index contributed by atoms with van der Waals surface area (Å²) < 4.78 is 38.2. The molecule has 2 amide bonds. The standard InChI is InChI=1S/C27H26F3N3O2S/c28-27(29,30)23-7-3-19(4-8-23)13-18-1-5-21(6-2-18)25(34)32-11-9-20(10-12-32)22-14-33(15-22)26(35)24-16-36-17-31-24/h1-8,16-17,20,22H,9-15H2. The molecule has 0 bridgehead atoms. The van der Waals surface area contributed by atoms with Gasteiger partial charge in [-0.2, -0.15) is 13.2 Å². The first-order valence-electron chi connectivity index (χ1n) is 12.0. The largest absolute Gasteiger partial charge is 0.416 e. The first-order chi connectivity index (χ1) is 17.3. The normalized spacial score (nSPS) is 17.2. The molecule has 2 saturated heterocycles. The highest BCUT2D eigenvalue weighted by atomic mass is 32.1. The third kappa shape index (κ3) is 5.31. The Balaban J connectivity index is 1.09. The lowest BCUT2D eigenvalue weighted by Crippen LogP contribution is -2.54. The molecular weight excluding hydrogens is 487 g/mol. The number of benzene rings is 2. The summed E-state index contributed by atoms with van der Waals surface area (Å²) in [5.41, 5.74) is 3.87. The molecule has 1 aromatic heterocycles. The summed E-state index contributed by atoms with van der Waals surface area (Å²) in [4.78, 5) is 33.2. The Morgan fingerprint density at radius 3 is 2.03 bits per heavy atom. The van der Waals surface area contributed by atoms with Gasteiger partial charge < -0.3 is 9.80 Å². The number of carbonyl (C=O) groups excluding carboxylic acids is 2. The molecule has 0 radical (unpaired) electrons. The van der Waals surface area contributed by atoms with Crippen LogP contribution < -0.4 is 0 Å². The van der Waals surface area contributed by atoms with Crippen molar-refractivity contribution in [2.45, 2.75) is 25.4 Å². The minimum Gasteiger partial charge on any atom is -0.339 e. The lowest BCUT2D eigenvalue weighted by Gasteiger charge is -2.45. The van der Waals surface area contributed by atoms with Crippen LogP contribution in [0.4, 0.5) is 13.2 Å². The smallest absolute Gasteiger partial charge is 0.339 e. The number of hydrogen-bond donors (Lipinski definition) is 0. The van der Waals surface area contributed by atoms with Crippen LogP contribution in [0.25, 0.3) is 0 Å². The SMILES string of the molecule is O=C(c1ccc(Cc2ccc(C(F)(F)F)cc2)cc1)N1CCC(C2CN(C(=O)c3cscn3)C2)CC1. The molecule has 0 spiro atoms. The molecule has 2 aliphatic heterocycles. The lowest BCUT2D eigenvalue weighted by atomic mass is 9.79. The Labute approximate surface area is 211 Å². The van der Waals surface area contributed by atoms with Crippen LogP contribution in [0.15, 0.2) is 59.4 Å². The Kier molecular flexibility index (Phi) is 6.83. The zero-order valence-electron chi connectivity index (χ0n) is 19.6. The maximum atomic E-state index is 13.0. The molecule has 3 heterocycles.